The molecular weight excluding hydrogens is 430 g/mol. The van der Waals surface area contributed by atoms with Crippen LogP contribution in [0.1, 0.15) is 54.7 Å². The normalized spacial score (nSPS) is 18.8. The number of aliphatic imine (C=N–C) groups is 1. The molecule has 168 valence electrons. The van der Waals surface area contributed by atoms with Gasteiger partial charge >= 0.3 is 0 Å². The van der Waals surface area contributed by atoms with E-state index >= 15 is 0 Å². The summed E-state index contributed by atoms with van der Waals surface area (Å²) in [4.78, 5) is 18.0. The maximum absolute atomic E-state index is 13.0. The van der Waals surface area contributed by atoms with Crippen LogP contribution in [0.2, 0.25) is 5.02 Å². The van der Waals surface area contributed by atoms with Crippen LogP contribution in [-0.2, 0) is 11.3 Å². The summed E-state index contributed by atoms with van der Waals surface area (Å²) in [6.07, 6.45) is 6.58. The number of benzene rings is 3. The lowest BCUT2D eigenvalue weighted by molar-refractivity contribution is -0.115. The molecule has 0 radical (unpaired) electrons. The molecule has 0 bridgehead atoms. The van der Waals surface area contributed by atoms with Gasteiger partial charge < -0.3 is 10.6 Å². The number of anilines is 1. The summed E-state index contributed by atoms with van der Waals surface area (Å²) in [5.74, 6) is -0.560. The number of carbonyl (C=O) groups excluding carboxylic acids is 1. The quantitative estimate of drug-likeness (QED) is 0.408. The van der Waals surface area contributed by atoms with Crippen LogP contribution >= 0.6 is 11.6 Å². The van der Waals surface area contributed by atoms with E-state index in [2.05, 4.69) is 22.8 Å². The zero-order valence-corrected chi connectivity index (χ0v) is 19.3. The van der Waals surface area contributed by atoms with Crippen molar-refractivity contribution in [3.8, 4) is 0 Å². The Morgan fingerprint density at radius 1 is 0.970 bits per heavy atom. The molecule has 5 heteroatoms. The Labute approximate surface area is 200 Å². The van der Waals surface area contributed by atoms with Crippen LogP contribution in [0.5, 0.6) is 0 Å². The number of nitrogens with zero attached hydrogens (tertiary/aromatic N) is 1. The largest absolute Gasteiger partial charge is 0.325 e. The van der Waals surface area contributed by atoms with E-state index in [1.807, 2.05) is 54.6 Å². The highest BCUT2D eigenvalue weighted by Crippen LogP contribution is 2.37. The van der Waals surface area contributed by atoms with Crippen molar-refractivity contribution in [1.82, 2.24) is 5.32 Å². The Morgan fingerprint density at radius 3 is 2.48 bits per heavy atom. The summed E-state index contributed by atoms with van der Waals surface area (Å²) in [7, 11) is 0. The van der Waals surface area contributed by atoms with Crippen molar-refractivity contribution in [3.63, 3.8) is 0 Å². The average molecular weight is 458 g/mol. The zero-order valence-electron chi connectivity index (χ0n) is 18.6. The van der Waals surface area contributed by atoms with Crippen LogP contribution in [0.4, 0.5) is 11.4 Å². The van der Waals surface area contributed by atoms with Gasteiger partial charge in [0.2, 0.25) is 5.91 Å². The highest BCUT2D eigenvalue weighted by atomic mass is 35.5. The smallest absolute Gasteiger partial charge is 0.238 e. The minimum Gasteiger partial charge on any atom is -0.325 e. The molecule has 4 nitrogen and oxygen atoms in total. The van der Waals surface area contributed by atoms with Gasteiger partial charge in [0, 0.05) is 23.3 Å². The van der Waals surface area contributed by atoms with E-state index in [9.17, 15) is 4.79 Å². The maximum atomic E-state index is 13.0. The Hall–Kier alpha value is -2.95. The number of carbonyl (C=O) groups is 1. The highest BCUT2D eigenvalue weighted by Gasteiger charge is 2.35. The first-order chi connectivity index (χ1) is 16.2. The number of rotatable bonds is 6. The van der Waals surface area contributed by atoms with Crippen molar-refractivity contribution in [1.29, 1.82) is 0 Å². The predicted molar refractivity (Wildman–Crippen MR) is 136 cm³/mol. The molecule has 1 amide bonds. The second-order valence-electron chi connectivity index (χ2n) is 8.90. The summed E-state index contributed by atoms with van der Waals surface area (Å²) in [6, 6.07) is 24.4. The van der Waals surface area contributed by atoms with E-state index in [0.29, 0.717) is 11.1 Å². The van der Waals surface area contributed by atoms with Crippen LogP contribution in [0, 0.1) is 0 Å². The monoisotopic (exact) mass is 457 g/mol. The van der Waals surface area contributed by atoms with Gasteiger partial charge in [0.15, 0.2) is 0 Å². The molecule has 1 atom stereocenters. The zero-order chi connectivity index (χ0) is 22.6. The van der Waals surface area contributed by atoms with E-state index in [-0.39, 0.29) is 5.91 Å². The number of nitrogens with one attached hydrogen (secondary N) is 2. The molecule has 2 aliphatic rings. The van der Waals surface area contributed by atoms with Crippen LogP contribution in [0.25, 0.3) is 0 Å². The topological polar surface area (TPSA) is 53.5 Å². The second-order valence-corrected chi connectivity index (χ2v) is 9.34. The third-order valence-corrected chi connectivity index (χ3v) is 6.81. The molecule has 5 rings (SSSR count). The summed E-state index contributed by atoms with van der Waals surface area (Å²) in [5, 5.41) is 7.26. The first kappa shape index (κ1) is 21.9. The molecule has 1 heterocycles. The van der Waals surface area contributed by atoms with Crippen molar-refractivity contribution in [3.05, 3.63) is 94.5 Å². The van der Waals surface area contributed by atoms with Gasteiger partial charge in [-0.3, -0.25) is 9.79 Å². The van der Waals surface area contributed by atoms with Crippen LogP contribution < -0.4 is 10.6 Å². The third-order valence-electron chi connectivity index (χ3n) is 6.58. The average Bonchev–Trinajstić information content (AvgIpc) is 3.17. The first-order valence-corrected chi connectivity index (χ1v) is 12.1. The molecule has 0 saturated heterocycles. The lowest BCUT2D eigenvalue weighted by atomic mass is 9.90. The number of halogens is 1. The van der Waals surface area contributed by atoms with Gasteiger partial charge in [-0.2, -0.15) is 0 Å². The van der Waals surface area contributed by atoms with E-state index in [1.54, 1.807) is 6.07 Å². The van der Waals surface area contributed by atoms with Gasteiger partial charge in [0.1, 0.15) is 5.92 Å². The third kappa shape index (κ3) is 5.02. The van der Waals surface area contributed by atoms with Gasteiger partial charge in [-0.15, -0.1) is 0 Å². The van der Waals surface area contributed by atoms with Gasteiger partial charge in [0.25, 0.3) is 0 Å². The van der Waals surface area contributed by atoms with Crippen molar-refractivity contribution >= 4 is 34.6 Å². The highest BCUT2D eigenvalue weighted by molar-refractivity contribution is 6.31. The number of hydrogen-bond acceptors (Lipinski definition) is 3. The van der Waals surface area contributed by atoms with Crippen LogP contribution in [-0.4, -0.2) is 17.7 Å². The molecule has 33 heavy (non-hydrogen) atoms. The Balaban J connectivity index is 1.42. The van der Waals surface area contributed by atoms with E-state index < -0.39 is 5.92 Å². The van der Waals surface area contributed by atoms with Crippen molar-refractivity contribution in [2.75, 3.05) is 5.32 Å². The van der Waals surface area contributed by atoms with Gasteiger partial charge in [-0.1, -0.05) is 79.4 Å². The standard InChI is InChI=1S/C28H28ClN3O/c29-21-13-16-24-25(17-21)32-28(33)26(24)27(20-7-3-1-4-8-20)31-23-14-11-19(12-15-23)18-30-22-9-5-2-6-10-22/h1,3-4,7-8,11-17,22,26,30H,2,5-6,9-10,18H2,(H,32,33). The molecule has 1 aliphatic heterocycles. The molecule has 3 aromatic rings. The molecule has 0 spiro atoms. The first-order valence-electron chi connectivity index (χ1n) is 11.7. The van der Waals surface area contributed by atoms with Gasteiger partial charge in [0.05, 0.1) is 11.4 Å². The SMILES string of the molecule is O=C1Nc2cc(Cl)ccc2C1C(=Nc1ccc(CNC2CCCCC2)cc1)c1ccccc1. The van der Waals surface area contributed by atoms with Crippen LogP contribution in [0.3, 0.4) is 0 Å². The second kappa shape index (κ2) is 9.90. The Kier molecular flexibility index (Phi) is 6.56. The number of hydrogen-bond donors (Lipinski definition) is 2. The number of fused-ring (bicyclic) bond motifs is 1. The van der Waals surface area contributed by atoms with E-state index in [1.165, 1.54) is 37.7 Å². The molecule has 0 aromatic heterocycles. The molecule has 1 aliphatic carbocycles. The lowest BCUT2D eigenvalue weighted by Gasteiger charge is -2.22. The number of amides is 1. The molecule has 1 saturated carbocycles. The summed E-state index contributed by atoms with van der Waals surface area (Å²) >= 11 is 6.15. The summed E-state index contributed by atoms with van der Waals surface area (Å²) in [5.41, 5.74) is 5.42. The molecule has 1 unspecified atom stereocenters. The molecule has 1 fully saturated rings. The van der Waals surface area contributed by atoms with Crippen molar-refractivity contribution < 1.29 is 4.79 Å². The molecule has 2 N–H and O–H groups in total. The fourth-order valence-electron chi connectivity index (χ4n) is 4.81. The minimum atomic E-state index is -0.479. The fourth-order valence-corrected chi connectivity index (χ4v) is 4.98. The van der Waals surface area contributed by atoms with Gasteiger partial charge in [-0.05, 0) is 53.8 Å². The van der Waals surface area contributed by atoms with E-state index in [0.717, 1.165) is 34.8 Å². The van der Waals surface area contributed by atoms with Crippen molar-refractivity contribution in [2.24, 2.45) is 4.99 Å². The summed E-state index contributed by atoms with van der Waals surface area (Å²) < 4.78 is 0. The summed E-state index contributed by atoms with van der Waals surface area (Å²) in [6.45, 7) is 0.874. The Bertz CT molecular complexity index is 1150. The predicted octanol–water partition coefficient (Wildman–Crippen LogP) is 6.62. The van der Waals surface area contributed by atoms with Gasteiger partial charge in [-0.25, -0.2) is 0 Å². The molecular formula is C28H28ClN3O. The maximum Gasteiger partial charge on any atom is 0.238 e. The lowest BCUT2D eigenvalue weighted by Crippen LogP contribution is -2.30. The molecule has 3 aromatic carbocycles. The minimum absolute atomic E-state index is 0.0804. The van der Waals surface area contributed by atoms with Crippen molar-refractivity contribution in [2.45, 2.75) is 50.6 Å². The fraction of sp³-hybridized carbons (Fsp3) is 0.286. The van der Waals surface area contributed by atoms with Crippen LogP contribution in [0.15, 0.2) is 77.8 Å². The van der Waals surface area contributed by atoms with E-state index in [4.69, 9.17) is 16.6 Å². The Morgan fingerprint density at radius 2 is 1.73 bits per heavy atom.